The van der Waals surface area contributed by atoms with Gasteiger partial charge in [0.15, 0.2) is 0 Å². The molecule has 0 unspecified atom stereocenters. The van der Waals surface area contributed by atoms with Gasteiger partial charge in [-0.1, -0.05) is 11.6 Å². The topological polar surface area (TPSA) is 72.5 Å². The average Bonchev–Trinajstić information content (AvgIpc) is 2.54. The number of carbonyl (C=O) groups excluding carboxylic acids is 1. The molecular weight excluding hydrogens is 342 g/mol. The Kier molecular flexibility index (Phi) is 5.74. The fourth-order valence-corrected chi connectivity index (χ4v) is 2.44. The number of hydrogen-bond donors (Lipinski definition) is 2. The molecule has 6 nitrogen and oxygen atoms in total. The first-order valence-electron chi connectivity index (χ1n) is 7.70. The Morgan fingerprint density at radius 3 is 2.40 bits per heavy atom. The molecule has 1 aromatic heterocycles. The molecule has 0 spiro atoms. The third kappa shape index (κ3) is 5.00. The maximum absolute atomic E-state index is 12.6. The van der Waals surface area contributed by atoms with Crippen molar-refractivity contribution in [3.63, 3.8) is 0 Å². The van der Waals surface area contributed by atoms with Crippen molar-refractivity contribution in [2.24, 2.45) is 0 Å². The van der Waals surface area contributed by atoms with Crippen molar-refractivity contribution in [3.05, 3.63) is 41.2 Å². The van der Waals surface area contributed by atoms with Gasteiger partial charge in [0, 0.05) is 29.6 Å². The van der Waals surface area contributed by atoms with Crippen LogP contribution in [0.2, 0.25) is 5.02 Å². The van der Waals surface area contributed by atoms with Crippen LogP contribution in [0.15, 0.2) is 30.5 Å². The molecule has 1 amide bonds. The number of benzene rings is 1. The lowest BCUT2D eigenvalue weighted by atomic mass is 10.1. The van der Waals surface area contributed by atoms with E-state index in [1.165, 1.54) is 14.2 Å². The van der Waals surface area contributed by atoms with E-state index in [1.807, 2.05) is 26.8 Å². The van der Waals surface area contributed by atoms with Crippen molar-refractivity contribution in [2.75, 3.05) is 24.9 Å². The molecule has 25 heavy (non-hydrogen) atoms. The van der Waals surface area contributed by atoms with Gasteiger partial charge in [-0.15, -0.1) is 0 Å². The van der Waals surface area contributed by atoms with Crippen LogP contribution in [0.3, 0.4) is 0 Å². The predicted molar refractivity (Wildman–Crippen MR) is 100 cm³/mol. The summed E-state index contributed by atoms with van der Waals surface area (Å²) in [6.45, 7) is 6.12. The van der Waals surface area contributed by atoms with Crippen LogP contribution in [0.5, 0.6) is 11.5 Å². The molecule has 134 valence electrons. The highest BCUT2D eigenvalue weighted by atomic mass is 35.5. The number of methoxy groups -OCH3 is 2. The molecule has 2 N–H and O–H groups in total. The van der Waals surface area contributed by atoms with Crippen LogP contribution in [-0.4, -0.2) is 30.6 Å². The van der Waals surface area contributed by atoms with Gasteiger partial charge in [-0.05, 0) is 32.9 Å². The Morgan fingerprint density at radius 2 is 1.80 bits per heavy atom. The minimum atomic E-state index is -0.361. The number of ether oxygens (including phenoxy) is 2. The summed E-state index contributed by atoms with van der Waals surface area (Å²) in [5.41, 5.74) is 1.42. The van der Waals surface area contributed by atoms with Crippen molar-refractivity contribution in [2.45, 2.75) is 26.3 Å². The summed E-state index contributed by atoms with van der Waals surface area (Å²) in [5.74, 6) is 0.511. The normalized spacial score (nSPS) is 11.0. The molecule has 0 radical (unpaired) electrons. The Labute approximate surface area is 152 Å². The van der Waals surface area contributed by atoms with E-state index in [9.17, 15) is 4.79 Å². The monoisotopic (exact) mass is 363 g/mol. The van der Waals surface area contributed by atoms with E-state index in [0.717, 1.165) is 5.69 Å². The van der Waals surface area contributed by atoms with Crippen LogP contribution >= 0.6 is 11.6 Å². The molecule has 7 heteroatoms. The van der Waals surface area contributed by atoms with Crippen LogP contribution in [0.4, 0.5) is 11.4 Å². The van der Waals surface area contributed by atoms with Crippen molar-refractivity contribution in [1.29, 1.82) is 0 Å². The number of hydrogen-bond acceptors (Lipinski definition) is 5. The second kappa shape index (κ2) is 7.61. The van der Waals surface area contributed by atoms with Gasteiger partial charge in [0.2, 0.25) is 0 Å². The lowest BCUT2D eigenvalue weighted by molar-refractivity contribution is 0.102. The number of amides is 1. The molecule has 0 saturated carbocycles. The van der Waals surface area contributed by atoms with Crippen LogP contribution in [0.1, 0.15) is 31.3 Å². The number of halogens is 1. The first-order chi connectivity index (χ1) is 11.7. The highest BCUT2D eigenvalue weighted by Crippen LogP contribution is 2.36. The number of aromatic nitrogens is 1. The third-order valence-corrected chi connectivity index (χ3v) is 3.53. The molecule has 0 atom stereocenters. The summed E-state index contributed by atoms with van der Waals surface area (Å²) in [4.78, 5) is 16.7. The van der Waals surface area contributed by atoms with Crippen molar-refractivity contribution in [3.8, 4) is 11.5 Å². The lowest BCUT2D eigenvalue weighted by Crippen LogP contribution is -2.26. The van der Waals surface area contributed by atoms with Crippen LogP contribution in [-0.2, 0) is 0 Å². The SMILES string of the molecule is COc1cc(NC(=O)c2cc(NC(C)(C)C)ccn2)c(OC)cc1Cl. The summed E-state index contributed by atoms with van der Waals surface area (Å²) in [5, 5.41) is 6.48. The Hall–Kier alpha value is -2.47. The van der Waals surface area contributed by atoms with Gasteiger partial charge in [-0.25, -0.2) is 0 Å². The molecule has 2 rings (SSSR count). The van der Waals surface area contributed by atoms with E-state index in [2.05, 4.69) is 15.6 Å². The smallest absolute Gasteiger partial charge is 0.274 e. The zero-order valence-corrected chi connectivity index (χ0v) is 15.7. The molecule has 0 bridgehead atoms. The second-order valence-electron chi connectivity index (χ2n) is 6.45. The van der Waals surface area contributed by atoms with Crippen molar-refractivity contribution < 1.29 is 14.3 Å². The maximum Gasteiger partial charge on any atom is 0.274 e. The number of nitrogens with zero attached hydrogens (tertiary/aromatic N) is 1. The minimum absolute atomic E-state index is 0.123. The molecule has 0 aliphatic heterocycles. The van der Waals surface area contributed by atoms with Crippen molar-refractivity contribution >= 4 is 28.9 Å². The van der Waals surface area contributed by atoms with Gasteiger partial charge in [-0.3, -0.25) is 9.78 Å². The molecular formula is C18H22ClN3O3. The van der Waals surface area contributed by atoms with E-state index in [4.69, 9.17) is 21.1 Å². The minimum Gasteiger partial charge on any atom is -0.495 e. The quantitative estimate of drug-likeness (QED) is 0.832. The molecule has 0 aliphatic rings. The van der Waals surface area contributed by atoms with E-state index in [-0.39, 0.29) is 17.1 Å². The van der Waals surface area contributed by atoms with E-state index in [0.29, 0.717) is 22.2 Å². The zero-order valence-electron chi connectivity index (χ0n) is 14.9. The van der Waals surface area contributed by atoms with Crippen LogP contribution < -0.4 is 20.1 Å². The zero-order chi connectivity index (χ0) is 18.6. The Bertz CT molecular complexity index is 773. The first kappa shape index (κ1) is 18.9. The largest absolute Gasteiger partial charge is 0.495 e. The average molecular weight is 364 g/mol. The Morgan fingerprint density at radius 1 is 1.12 bits per heavy atom. The summed E-state index contributed by atoms with van der Waals surface area (Å²) in [7, 11) is 3.00. The maximum atomic E-state index is 12.6. The molecule has 0 fully saturated rings. The van der Waals surface area contributed by atoms with E-state index in [1.54, 1.807) is 24.4 Å². The highest BCUT2D eigenvalue weighted by molar-refractivity contribution is 6.32. The lowest BCUT2D eigenvalue weighted by Gasteiger charge is -2.22. The fourth-order valence-electron chi connectivity index (χ4n) is 2.21. The number of carbonyl (C=O) groups is 1. The number of rotatable bonds is 5. The standard InChI is InChI=1S/C18H22ClN3O3/c1-18(2,3)22-11-6-7-20-14(8-11)17(23)21-13-10-15(24-4)12(19)9-16(13)25-5/h6-10H,1-5H3,(H,20,22)(H,21,23). The van der Waals surface area contributed by atoms with Gasteiger partial charge in [-0.2, -0.15) is 0 Å². The van der Waals surface area contributed by atoms with E-state index >= 15 is 0 Å². The van der Waals surface area contributed by atoms with Gasteiger partial charge in [0.1, 0.15) is 17.2 Å². The number of pyridine rings is 1. The molecule has 0 saturated heterocycles. The van der Waals surface area contributed by atoms with Crippen molar-refractivity contribution in [1.82, 2.24) is 4.98 Å². The van der Waals surface area contributed by atoms with Gasteiger partial charge in [0.25, 0.3) is 5.91 Å². The first-order valence-corrected chi connectivity index (χ1v) is 8.08. The Balaban J connectivity index is 2.27. The molecule has 1 aromatic carbocycles. The predicted octanol–water partition coefficient (Wildman–Crippen LogP) is 4.21. The third-order valence-electron chi connectivity index (χ3n) is 3.23. The van der Waals surface area contributed by atoms with Gasteiger partial charge in [0.05, 0.1) is 24.9 Å². The number of nitrogens with one attached hydrogen (secondary N) is 2. The fraction of sp³-hybridized carbons (Fsp3) is 0.333. The number of anilines is 2. The summed E-state index contributed by atoms with van der Waals surface area (Å²) in [6, 6.07) is 6.70. The van der Waals surface area contributed by atoms with Gasteiger partial charge < -0.3 is 20.1 Å². The van der Waals surface area contributed by atoms with E-state index < -0.39 is 0 Å². The molecule has 1 heterocycles. The summed E-state index contributed by atoms with van der Waals surface area (Å²) in [6.07, 6.45) is 1.59. The van der Waals surface area contributed by atoms with Crippen LogP contribution in [0.25, 0.3) is 0 Å². The molecule has 0 aliphatic carbocycles. The summed E-state index contributed by atoms with van der Waals surface area (Å²) >= 11 is 6.08. The highest BCUT2D eigenvalue weighted by Gasteiger charge is 2.16. The second-order valence-corrected chi connectivity index (χ2v) is 6.85. The van der Waals surface area contributed by atoms with Crippen LogP contribution in [0, 0.1) is 0 Å². The molecule has 2 aromatic rings. The van der Waals surface area contributed by atoms with Gasteiger partial charge >= 0.3 is 0 Å². The summed E-state index contributed by atoms with van der Waals surface area (Å²) < 4.78 is 10.4.